The summed E-state index contributed by atoms with van der Waals surface area (Å²) in [6.45, 7) is 2.59. The molecule has 1 heterocycles. The van der Waals surface area contributed by atoms with E-state index in [-0.39, 0.29) is 30.3 Å². The minimum Gasteiger partial charge on any atom is -0.390 e. The van der Waals surface area contributed by atoms with Crippen LogP contribution in [-0.2, 0) is 16.0 Å². The van der Waals surface area contributed by atoms with Crippen molar-refractivity contribution in [3.63, 3.8) is 0 Å². The van der Waals surface area contributed by atoms with Crippen LogP contribution < -0.4 is 26.2 Å². The lowest BCUT2D eigenvalue weighted by Crippen LogP contribution is -2.53. The van der Waals surface area contributed by atoms with Gasteiger partial charge < -0.3 is 31.3 Å². The molecule has 0 unspecified atom stereocenters. The van der Waals surface area contributed by atoms with Gasteiger partial charge in [0.15, 0.2) is 0 Å². The lowest BCUT2D eigenvalue weighted by atomic mass is 9.95. The first-order chi connectivity index (χ1) is 21.9. The molecule has 0 aromatic heterocycles. The first-order valence-corrected chi connectivity index (χ1v) is 17.1. The van der Waals surface area contributed by atoms with Crippen LogP contribution in [0.5, 0.6) is 0 Å². The van der Waals surface area contributed by atoms with Gasteiger partial charge in [0.05, 0.1) is 18.2 Å². The molecule has 2 saturated carbocycles. The summed E-state index contributed by atoms with van der Waals surface area (Å²) in [5.41, 5.74) is 3.00. The van der Waals surface area contributed by atoms with Crippen LogP contribution in [0.4, 0.5) is 11.4 Å². The molecule has 9 heteroatoms. The van der Waals surface area contributed by atoms with Gasteiger partial charge >= 0.3 is 0 Å². The van der Waals surface area contributed by atoms with Crippen molar-refractivity contribution in [1.29, 1.82) is 0 Å². The quantitative estimate of drug-likeness (QED) is 0.222. The topological polar surface area (TPSA) is 123 Å². The number of hydrogen-bond acceptors (Lipinski definition) is 6. The molecule has 2 aromatic carbocycles. The zero-order valence-corrected chi connectivity index (χ0v) is 26.7. The van der Waals surface area contributed by atoms with E-state index < -0.39 is 18.2 Å². The van der Waals surface area contributed by atoms with Crippen molar-refractivity contribution >= 4 is 29.1 Å². The van der Waals surface area contributed by atoms with Gasteiger partial charge in [0.25, 0.3) is 5.91 Å². The summed E-state index contributed by atoms with van der Waals surface area (Å²) in [5.74, 6) is -0.302. The van der Waals surface area contributed by atoms with E-state index in [2.05, 4.69) is 21.3 Å². The maximum absolute atomic E-state index is 13.9. The van der Waals surface area contributed by atoms with Crippen LogP contribution in [0.1, 0.15) is 99.9 Å². The number of aliphatic hydroxyl groups is 1. The first-order valence-electron chi connectivity index (χ1n) is 17.1. The van der Waals surface area contributed by atoms with Crippen molar-refractivity contribution in [2.45, 2.75) is 121 Å². The van der Waals surface area contributed by atoms with E-state index in [9.17, 15) is 19.5 Å². The van der Waals surface area contributed by atoms with E-state index >= 15 is 0 Å². The number of anilines is 2. The summed E-state index contributed by atoms with van der Waals surface area (Å²) in [4.78, 5) is 41.1. The third-order valence-electron chi connectivity index (χ3n) is 9.60. The van der Waals surface area contributed by atoms with Crippen LogP contribution >= 0.6 is 0 Å². The fraction of sp³-hybridized carbons (Fsp3) is 0.583. The normalized spacial score (nSPS) is 20.0. The Morgan fingerprint density at radius 3 is 2.27 bits per heavy atom. The number of aliphatic hydroxyl groups excluding tert-OH is 1. The third kappa shape index (κ3) is 9.53. The molecule has 3 amide bonds. The molecule has 5 rings (SSSR count). The summed E-state index contributed by atoms with van der Waals surface area (Å²) in [7, 11) is 0. The Morgan fingerprint density at radius 2 is 1.60 bits per heavy atom. The first kappa shape index (κ1) is 32.9. The predicted molar refractivity (Wildman–Crippen MR) is 178 cm³/mol. The maximum atomic E-state index is 13.9. The predicted octanol–water partition coefficient (Wildman–Crippen LogP) is 4.69. The number of nitrogens with one attached hydrogen (secondary N) is 4. The van der Waals surface area contributed by atoms with Gasteiger partial charge in [0.1, 0.15) is 0 Å². The fourth-order valence-electron chi connectivity index (χ4n) is 6.89. The number of benzene rings is 2. The average Bonchev–Trinajstić information content (AvgIpc) is 3.50. The summed E-state index contributed by atoms with van der Waals surface area (Å²) >= 11 is 0. The van der Waals surface area contributed by atoms with Crippen LogP contribution in [0, 0.1) is 0 Å². The molecular weight excluding hydrogens is 566 g/mol. The molecule has 3 atom stereocenters. The summed E-state index contributed by atoms with van der Waals surface area (Å²) < 4.78 is 0. The number of carbonyl (C=O) groups is 3. The largest absolute Gasteiger partial charge is 0.390 e. The van der Waals surface area contributed by atoms with E-state index in [0.717, 1.165) is 61.9 Å². The number of nitrogens with zero attached hydrogens (tertiary/aromatic N) is 1. The van der Waals surface area contributed by atoms with Crippen LogP contribution in [0.25, 0.3) is 0 Å². The van der Waals surface area contributed by atoms with Gasteiger partial charge in [-0.15, -0.1) is 0 Å². The number of amides is 3. The van der Waals surface area contributed by atoms with E-state index in [1.165, 1.54) is 25.7 Å². The molecule has 45 heavy (non-hydrogen) atoms. The second-order valence-electron chi connectivity index (χ2n) is 13.2. The third-order valence-corrected chi connectivity index (χ3v) is 9.60. The summed E-state index contributed by atoms with van der Waals surface area (Å²) in [6.07, 6.45) is 12.1. The van der Waals surface area contributed by atoms with E-state index in [0.29, 0.717) is 31.0 Å². The second kappa shape index (κ2) is 16.2. The molecule has 3 fully saturated rings. The van der Waals surface area contributed by atoms with Crippen molar-refractivity contribution in [1.82, 2.24) is 16.0 Å². The van der Waals surface area contributed by atoms with Crippen LogP contribution in [0.15, 0.2) is 48.5 Å². The minimum absolute atomic E-state index is 0.0657. The molecule has 2 aliphatic carbocycles. The number of hydrogen-bond donors (Lipinski definition) is 5. The van der Waals surface area contributed by atoms with Crippen LogP contribution in [-0.4, -0.2) is 66.2 Å². The lowest BCUT2D eigenvalue weighted by molar-refractivity contribution is -0.123. The lowest BCUT2D eigenvalue weighted by Gasteiger charge is -2.28. The Kier molecular flexibility index (Phi) is 11.9. The highest BCUT2D eigenvalue weighted by Gasteiger charge is 2.27. The molecule has 3 aliphatic rings. The van der Waals surface area contributed by atoms with Gasteiger partial charge in [-0.05, 0) is 69.2 Å². The molecular formula is C36H51N5O4. The minimum atomic E-state index is -0.942. The molecule has 9 nitrogen and oxygen atoms in total. The highest BCUT2D eigenvalue weighted by molar-refractivity contribution is 6.00. The summed E-state index contributed by atoms with van der Waals surface area (Å²) in [5, 5.41) is 24.4. The van der Waals surface area contributed by atoms with Crippen molar-refractivity contribution in [3.8, 4) is 0 Å². The van der Waals surface area contributed by atoms with Gasteiger partial charge in [0.2, 0.25) is 11.8 Å². The van der Waals surface area contributed by atoms with E-state index in [1.54, 1.807) is 11.0 Å². The highest BCUT2D eigenvalue weighted by Crippen LogP contribution is 2.29. The molecule has 0 spiro atoms. The standard InChI is InChI=1S/C36H51N5O4/c1-25(35(44)39-29-16-9-4-10-17-29)37-24-33(42)32(20-26-12-5-2-6-13-26)40-36(45)27-21-30(38-28-14-7-3-8-15-28)23-31(22-27)41-19-11-18-34(41)43/h2,5-6,12-13,21-23,25,28-29,32-33,37-38,42H,3-4,7-11,14-20,24H2,1H3,(H,39,44)(H,40,45)/t25-,32-,33+/m0/s1. The second-order valence-corrected chi connectivity index (χ2v) is 13.2. The zero-order valence-electron chi connectivity index (χ0n) is 26.7. The van der Waals surface area contributed by atoms with Crippen molar-refractivity contribution in [2.24, 2.45) is 0 Å². The zero-order chi connectivity index (χ0) is 31.6. The SMILES string of the molecule is C[C@H](NC[C@@H](O)[C@H](Cc1ccccc1)NC(=O)c1cc(NC2CCCCC2)cc(N2CCCC2=O)c1)C(=O)NC1CCCCC1. The number of rotatable bonds is 13. The highest BCUT2D eigenvalue weighted by atomic mass is 16.3. The van der Waals surface area contributed by atoms with Gasteiger partial charge in [-0.25, -0.2) is 0 Å². The molecule has 0 radical (unpaired) electrons. The smallest absolute Gasteiger partial charge is 0.251 e. The molecule has 1 saturated heterocycles. The Hall–Kier alpha value is -3.43. The fourth-order valence-corrected chi connectivity index (χ4v) is 6.89. The van der Waals surface area contributed by atoms with Crippen molar-refractivity contribution in [3.05, 3.63) is 59.7 Å². The molecule has 2 aromatic rings. The van der Waals surface area contributed by atoms with Gasteiger partial charge in [-0.1, -0.05) is 68.9 Å². The molecule has 1 aliphatic heterocycles. The maximum Gasteiger partial charge on any atom is 0.251 e. The Labute approximate surface area is 267 Å². The summed E-state index contributed by atoms with van der Waals surface area (Å²) in [6, 6.07) is 14.9. The Morgan fingerprint density at radius 1 is 0.911 bits per heavy atom. The van der Waals surface area contributed by atoms with Gasteiger partial charge in [0, 0.05) is 48.5 Å². The van der Waals surface area contributed by atoms with Gasteiger partial charge in [-0.3, -0.25) is 14.4 Å². The average molecular weight is 618 g/mol. The molecule has 0 bridgehead atoms. The van der Waals surface area contributed by atoms with Crippen molar-refractivity contribution < 1.29 is 19.5 Å². The van der Waals surface area contributed by atoms with E-state index in [4.69, 9.17) is 0 Å². The Bertz CT molecular complexity index is 1280. The monoisotopic (exact) mass is 617 g/mol. The van der Waals surface area contributed by atoms with Gasteiger partial charge in [-0.2, -0.15) is 0 Å². The van der Waals surface area contributed by atoms with Crippen molar-refractivity contribution in [2.75, 3.05) is 23.3 Å². The number of carbonyl (C=O) groups excluding carboxylic acids is 3. The molecule has 5 N–H and O–H groups in total. The van der Waals surface area contributed by atoms with Crippen LogP contribution in [0.3, 0.4) is 0 Å². The molecule has 244 valence electrons. The van der Waals surface area contributed by atoms with Crippen LogP contribution in [0.2, 0.25) is 0 Å². The van der Waals surface area contributed by atoms with E-state index in [1.807, 2.05) is 49.4 Å². The Balaban J connectivity index is 1.29.